The number of nitrogens with one attached hydrogen (secondary N) is 1. The summed E-state index contributed by atoms with van der Waals surface area (Å²) in [5, 5.41) is 20.6. The molecule has 0 unspecified atom stereocenters. The Labute approximate surface area is 156 Å². The molecule has 1 aliphatic rings. The number of benzene rings is 1. The maximum Gasteiger partial charge on any atom is 0.134 e. The van der Waals surface area contributed by atoms with Crippen molar-refractivity contribution in [2.45, 2.75) is 38.5 Å². The van der Waals surface area contributed by atoms with Gasteiger partial charge in [-0.25, -0.2) is 4.99 Å². The van der Waals surface area contributed by atoms with Crippen LogP contribution in [0.4, 0.5) is 5.00 Å². The highest BCUT2D eigenvalue weighted by Gasteiger charge is 2.18. The maximum atomic E-state index is 9.66. The zero-order valence-corrected chi connectivity index (χ0v) is 15.2. The Hall–Kier alpha value is -2.89. The van der Waals surface area contributed by atoms with Gasteiger partial charge in [-0.05, 0) is 49.4 Å². The van der Waals surface area contributed by atoms with E-state index < -0.39 is 0 Å². The molecular formula is C21H18N4S. The van der Waals surface area contributed by atoms with Gasteiger partial charge in [-0.3, -0.25) is 0 Å². The van der Waals surface area contributed by atoms with Gasteiger partial charge in [0.05, 0.1) is 17.2 Å². The van der Waals surface area contributed by atoms with Crippen molar-refractivity contribution in [2.24, 2.45) is 4.99 Å². The predicted molar refractivity (Wildman–Crippen MR) is 105 cm³/mol. The summed E-state index contributed by atoms with van der Waals surface area (Å²) < 4.78 is 0. The van der Waals surface area contributed by atoms with Gasteiger partial charge in [0.25, 0.3) is 0 Å². The van der Waals surface area contributed by atoms with Gasteiger partial charge in [-0.1, -0.05) is 12.8 Å². The highest BCUT2D eigenvalue weighted by Crippen LogP contribution is 2.38. The van der Waals surface area contributed by atoms with Crippen LogP contribution >= 0.6 is 11.3 Å². The minimum Gasteiger partial charge on any atom is -0.361 e. The molecule has 0 aliphatic heterocycles. The Morgan fingerprint density at radius 1 is 1.08 bits per heavy atom. The molecule has 0 bridgehead atoms. The number of nitriles is 2. The molecule has 2 aromatic heterocycles. The fourth-order valence-corrected chi connectivity index (χ4v) is 4.74. The van der Waals surface area contributed by atoms with Gasteiger partial charge in [0.2, 0.25) is 0 Å². The lowest BCUT2D eigenvalue weighted by Gasteiger charge is -2.08. The quantitative estimate of drug-likeness (QED) is 0.624. The smallest absolute Gasteiger partial charge is 0.134 e. The molecule has 128 valence electrons. The number of thiophene rings is 1. The third-order valence-electron chi connectivity index (χ3n) is 4.93. The fraction of sp³-hybridized carbons (Fsp3) is 0.286. The maximum absolute atomic E-state index is 9.66. The SMILES string of the molecule is N#Cc1ccc2[nH]cc(C=Nc3sc4c(c3C#N)CCCCCC4)c2c1. The minimum atomic E-state index is 0.628. The van der Waals surface area contributed by atoms with Crippen molar-refractivity contribution in [1.82, 2.24) is 4.98 Å². The second-order valence-corrected chi connectivity index (χ2v) is 7.67. The molecule has 1 aromatic carbocycles. The monoisotopic (exact) mass is 358 g/mol. The lowest BCUT2D eigenvalue weighted by Crippen LogP contribution is -1.97. The van der Waals surface area contributed by atoms with Gasteiger partial charge in [0.1, 0.15) is 11.1 Å². The lowest BCUT2D eigenvalue weighted by atomic mass is 9.97. The average molecular weight is 358 g/mol. The summed E-state index contributed by atoms with van der Waals surface area (Å²) in [6.07, 6.45) is 10.6. The van der Waals surface area contributed by atoms with Crippen molar-refractivity contribution in [3.05, 3.63) is 51.5 Å². The van der Waals surface area contributed by atoms with E-state index in [4.69, 9.17) is 5.26 Å². The van der Waals surface area contributed by atoms with Crippen molar-refractivity contribution >= 4 is 33.5 Å². The molecule has 4 nitrogen and oxygen atoms in total. The van der Waals surface area contributed by atoms with Crippen LogP contribution in [0.1, 0.15) is 52.8 Å². The Balaban J connectivity index is 1.72. The van der Waals surface area contributed by atoms with Crippen LogP contribution in [0.3, 0.4) is 0 Å². The number of aliphatic imine (C=N–C) groups is 1. The molecular weight excluding hydrogens is 340 g/mol. The van der Waals surface area contributed by atoms with Crippen LogP contribution in [0.2, 0.25) is 0 Å². The number of aromatic nitrogens is 1. The first-order chi connectivity index (χ1) is 12.8. The van der Waals surface area contributed by atoms with E-state index in [1.807, 2.05) is 18.3 Å². The van der Waals surface area contributed by atoms with Crippen LogP contribution in [-0.2, 0) is 12.8 Å². The number of nitrogens with zero attached hydrogens (tertiary/aromatic N) is 3. The van der Waals surface area contributed by atoms with Gasteiger partial charge in [0.15, 0.2) is 0 Å². The molecule has 0 amide bonds. The largest absolute Gasteiger partial charge is 0.361 e. The molecule has 0 saturated carbocycles. The molecule has 0 fully saturated rings. The second-order valence-electron chi connectivity index (χ2n) is 6.58. The van der Waals surface area contributed by atoms with E-state index >= 15 is 0 Å². The highest BCUT2D eigenvalue weighted by atomic mass is 32.1. The molecule has 5 heteroatoms. The van der Waals surface area contributed by atoms with E-state index in [-0.39, 0.29) is 0 Å². The normalized spacial score (nSPS) is 14.5. The van der Waals surface area contributed by atoms with Crippen LogP contribution in [-0.4, -0.2) is 11.2 Å². The molecule has 1 N–H and O–H groups in total. The Morgan fingerprint density at radius 2 is 1.92 bits per heavy atom. The third-order valence-corrected chi connectivity index (χ3v) is 6.13. The van der Waals surface area contributed by atoms with Gasteiger partial charge >= 0.3 is 0 Å². The van der Waals surface area contributed by atoms with Crippen molar-refractivity contribution in [3.8, 4) is 12.1 Å². The van der Waals surface area contributed by atoms with Crippen molar-refractivity contribution in [2.75, 3.05) is 0 Å². The van der Waals surface area contributed by atoms with E-state index in [9.17, 15) is 5.26 Å². The van der Waals surface area contributed by atoms with Crippen LogP contribution < -0.4 is 0 Å². The summed E-state index contributed by atoms with van der Waals surface area (Å²) in [6.45, 7) is 0. The van der Waals surface area contributed by atoms with Gasteiger partial charge < -0.3 is 4.98 Å². The molecule has 26 heavy (non-hydrogen) atoms. The summed E-state index contributed by atoms with van der Waals surface area (Å²) in [5.74, 6) is 0. The van der Waals surface area contributed by atoms with E-state index in [1.165, 1.54) is 29.7 Å². The number of hydrogen-bond acceptors (Lipinski definition) is 4. The lowest BCUT2D eigenvalue weighted by molar-refractivity contribution is 0.622. The van der Waals surface area contributed by atoms with Gasteiger partial charge in [-0.15, -0.1) is 11.3 Å². The number of aryl methyl sites for hydroxylation is 1. The minimum absolute atomic E-state index is 0.628. The Bertz CT molecular complexity index is 1070. The topological polar surface area (TPSA) is 75.7 Å². The van der Waals surface area contributed by atoms with Crippen LogP contribution in [0.15, 0.2) is 29.4 Å². The first-order valence-electron chi connectivity index (χ1n) is 8.90. The second kappa shape index (κ2) is 7.15. The fourth-order valence-electron chi connectivity index (χ4n) is 3.56. The number of fused-ring (bicyclic) bond motifs is 2. The van der Waals surface area contributed by atoms with E-state index in [0.717, 1.165) is 46.3 Å². The zero-order valence-electron chi connectivity index (χ0n) is 14.4. The summed E-state index contributed by atoms with van der Waals surface area (Å²) in [5.41, 5.74) is 4.51. The molecule has 0 atom stereocenters. The Kier molecular flexibility index (Phi) is 4.56. The molecule has 3 aromatic rings. The summed E-state index contributed by atoms with van der Waals surface area (Å²) in [7, 11) is 0. The van der Waals surface area contributed by atoms with Crippen LogP contribution in [0.25, 0.3) is 10.9 Å². The van der Waals surface area contributed by atoms with Crippen molar-refractivity contribution in [1.29, 1.82) is 10.5 Å². The molecule has 4 rings (SSSR count). The van der Waals surface area contributed by atoms with Gasteiger partial charge in [0, 0.05) is 33.8 Å². The Morgan fingerprint density at radius 3 is 2.73 bits per heavy atom. The first kappa shape index (κ1) is 16.6. The van der Waals surface area contributed by atoms with E-state index in [0.29, 0.717) is 5.56 Å². The number of H-pyrrole nitrogens is 1. The number of aromatic amines is 1. The highest BCUT2D eigenvalue weighted by molar-refractivity contribution is 7.16. The molecule has 1 aliphatic carbocycles. The van der Waals surface area contributed by atoms with E-state index in [1.54, 1.807) is 23.6 Å². The number of rotatable bonds is 2. The zero-order chi connectivity index (χ0) is 17.9. The summed E-state index contributed by atoms with van der Waals surface area (Å²) in [6, 6.07) is 10.1. The molecule has 2 heterocycles. The van der Waals surface area contributed by atoms with Crippen LogP contribution in [0.5, 0.6) is 0 Å². The predicted octanol–water partition coefficient (Wildman–Crippen LogP) is 5.38. The van der Waals surface area contributed by atoms with Crippen molar-refractivity contribution in [3.63, 3.8) is 0 Å². The van der Waals surface area contributed by atoms with E-state index in [2.05, 4.69) is 22.1 Å². The van der Waals surface area contributed by atoms with Gasteiger partial charge in [-0.2, -0.15) is 10.5 Å². The van der Waals surface area contributed by atoms with Crippen molar-refractivity contribution < 1.29 is 0 Å². The number of hydrogen-bond donors (Lipinski definition) is 1. The standard InChI is InChI=1S/C21H18N4S/c22-10-14-7-8-19-17(9-14)15(12-24-19)13-25-21-18(11-23)16-5-3-1-2-4-6-20(16)26-21/h7-9,12-13,24H,1-6H2. The molecule has 0 radical (unpaired) electrons. The summed E-state index contributed by atoms with van der Waals surface area (Å²) >= 11 is 1.66. The molecule has 0 spiro atoms. The third kappa shape index (κ3) is 3.03. The first-order valence-corrected chi connectivity index (χ1v) is 9.71. The summed E-state index contributed by atoms with van der Waals surface area (Å²) in [4.78, 5) is 9.20. The average Bonchev–Trinajstić information content (AvgIpc) is 3.19. The molecule has 0 saturated heterocycles. The van der Waals surface area contributed by atoms with Crippen LogP contribution in [0, 0.1) is 22.7 Å².